The zero-order valence-electron chi connectivity index (χ0n) is 19.9. The Morgan fingerprint density at radius 3 is 2.49 bits per heavy atom. The topological polar surface area (TPSA) is 86.8 Å². The first-order valence-corrected chi connectivity index (χ1v) is 11.9. The summed E-state index contributed by atoms with van der Waals surface area (Å²) < 4.78 is 41.0. The van der Waals surface area contributed by atoms with Crippen LogP contribution in [0.25, 0.3) is 22.5 Å². The van der Waals surface area contributed by atoms with E-state index in [0.29, 0.717) is 30.2 Å². The number of hydrogen-bond acceptors (Lipinski definition) is 5. The van der Waals surface area contributed by atoms with Gasteiger partial charge in [0, 0.05) is 54.4 Å². The number of aryl methyl sites for hydroxylation is 1. The normalized spacial score (nSPS) is 16.4. The predicted molar refractivity (Wildman–Crippen MR) is 131 cm³/mol. The minimum atomic E-state index is -2.73. The van der Waals surface area contributed by atoms with Crippen molar-refractivity contribution >= 4 is 17.4 Å². The minimum absolute atomic E-state index is 0.0421. The fourth-order valence-electron chi connectivity index (χ4n) is 4.89. The van der Waals surface area contributed by atoms with E-state index in [1.54, 1.807) is 11.1 Å². The molecule has 10 heteroatoms. The number of H-pyrrole nitrogens is 1. The summed E-state index contributed by atoms with van der Waals surface area (Å²) in [5, 5.41) is 9.96. The number of hydrogen-bond donors (Lipinski definition) is 2. The van der Waals surface area contributed by atoms with Crippen molar-refractivity contribution in [1.82, 2.24) is 25.1 Å². The lowest BCUT2D eigenvalue weighted by atomic mass is 9.80. The number of nitrogens with zero attached hydrogens (tertiary/aromatic N) is 4. The van der Waals surface area contributed by atoms with Crippen LogP contribution in [0.3, 0.4) is 0 Å². The second-order valence-corrected chi connectivity index (χ2v) is 9.64. The Labute approximate surface area is 210 Å². The number of fused-ring (bicyclic) bond motifs is 1. The molecule has 0 bridgehead atoms. The number of halogens is 3. The van der Waals surface area contributed by atoms with Gasteiger partial charge < -0.3 is 10.2 Å². The van der Waals surface area contributed by atoms with Crippen molar-refractivity contribution in [3.05, 3.63) is 77.5 Å². The number of aromatic amines is 1. The van der Waals surface area contributed by atoms with Gasteiger partial charge >= 0.3 is 0 Å². The van der Waals surface area contributed by atoms with E-state index in [-0.39, 0.29) is 24.6 Å². The number of nitrogens with one attached hydrogen (secondary N) is 2. The van der Waals surface area contributed by atoms with Gasteiger partial charge in [-0.3, -0.25) is 9.89 Å². The van der Waals surface area contributed by atoms with Crippen LogP contribution in [0.5, 0.6) is 0 Å². The van der Waals surface area contributed by atoms with Crippen LogP contribution in [-0.4, -0.2) is 36.9 Å². The molecule has 2 aliphatic rings. The summed E-state index contributed by atoms with van der Waals surface area (Å²) in [6, 6.07) is 13.1. The summed E-state index contributed by atoms with van der Waals surface area (Å²) in [6.07, 6.45) is 2.11. The van der Waals surface area contributed by atoms with Gasteiger partial charge in [0.05, 0.1) is 12.4 Å². The Morgan fingerprint density at radius 2 is 1.78 bits per heavy atom. The van der Waals surface area contributed by atoms with Gasteiger partial charge in [0.1, 0.15) is 0 Å². The van der Waals surface area contributed by atoms with Gasteiger partial charge in [-0.25, -0.2) is 23.1 Å². The summed E-state index contributed by atoms with van der Waals surface area (Å²) >= 11 is 0. The molecule has 0 unspecified atom stereocenters. The van der Waals surface area contributed by atoms with Crippen LogP contribution in [0.4, 0.5) is 24.7 Å². The lowest BCUT2D eigenvalue weighted by Crippen LogP contribution is -2.45. The van der Waals surface area contributed by atoms with E-state index in [1.165, 1.54) is 0 Å². The van der Waals surface area contributed by atoms with Gasteiger partial charge in [-0.05, 0) is 41.8 Å². The van der Waals surface area contributed by atoms with Gasteiger partial charge in [0.2, 0.25) is 11.8 Å². The summed E-state index contributed by atoms with van der Waals surface area (Å²) in [6.45, 7) is 2.68. The van der Waals surface area contributed by atoms with Crippen LogP contribution in [0.1, 0.15) is 29.7 Å². The Bertz CT molecular complexity index is 1490. The van der Waals surface area contributed by atoms with Crippen molar-refractivity contribution in [2.75, 3.05) is 5.32 Å². The molecule has 37 heavy (non-hydrogen) atoms. The van der Waals surface area contributed by atoms with Crippen molar-refractivity contribution in [3.63, 3.8) is 0 Å². The summed E-state index contributed by atoms with van der Waals surface area (Å²) in [5.74, 6) is -3.79. The molecule has 188 valence electrons. The third-order valence-electron chi connectivity index (χ3n) is 6.97. The van der Waals surface area contributed by atoms with E-state index in [9.17, 15) is 18.0 Å². The highest BCUT2D eigenvalue weighted by Gasteiger charge is 2.50. The maximum atomic E-state index is 14.6. The molecular weight excluding hydrogens is 481 g/mol. The standard InChI is InChI=1S/C27H23F3N6O/c1-15-22(11-32-35-15)16-4-6-21(7-5-16)33-25-23(28)12-31-24(34-25)17-2-3-18-13-36(14-19(18)8-17)26(37)20-9-27(29,30)10-20/h2-8,11-12,20H,9-10,13-14H2,1H3,(H,32,35)(H,31,33,34). The number of anilines is 2. The smallest absolute Gasteiger partial charge is 0.249 e. The van der Waals surface area contributed by atoms with Gasteiger partial charge in [-0.1, -0.05) is 24.3 Å². The molecule has 2 aromatic heterocycles. The maximum absolute atomic E-state index is 14.6. The number of rotatable bonds is 5. The number of carbonyl (C=O) groups excluding carboxylic acids is 1. The Morgan fingerprint density at radius 1 is 1.05 bits per heavy atom. The summed E-state index contributed by atoms with van der Waals surface area (Å²) in [7, 11) is 0. The van der Waals surface area contributed by atoms with Gasteiger partial charge in [-0.15, -0.1) is 0 Å². The molecule has 0 spiro atoms. The minimum Gasteiger partial charge on any atom is -0.338 e. The largest absolute Gasteiger partial charge is 0.338 e. The van der Waals surface area contributed by atoms with Crippen LogP contribution in [0.15, 0.2) is 54.9 Å². The fourth-order valence-corrected chi connectivity index (χ4v) is 4.89. The number of amides is 1. The van der Waals surface area contributed by atoms with Crippen LogP contribution < -0.4 is 5.32 Å². The van der Waals surface area contributed by atoms with E-state index in [2.05, 4.69) is 25.5 Å². The molecule has 3 heterocycles. The van der Waals surface area contributed by atoms with E-state index in [4.69, 9.17) is 0 Å². The lowest BCUT2D eigenvalue weighted by Gasteiger charge is -2.36. The molecule has 0 saturated heterocycles. The van der Waals surface area contributed by atoms with Crippen LogP contribution >= 0.6 is 0 Å². The summed E-state index contributed by atoms with van der Waals surface area (Å²) in [4.78, 5) is 22.8. The number of benzene rings is 2. The molecule has 1 aliphatic carbocycles. The van der Waals surface area contributed by atoms with E-state index < -0.39 is 17.7 Å². The van der Waals surface area contributed by atoms with Crippen molar-refractivity contribution in [1.29, 1.82) is 0 Å². The predicted octanol–water partition coefficient (Wildman–Crippen LogP) is 5.61. The van der Waals surface area contributed by atoms with Crippen molar-refractivity contribution in [2.24, 2.45) is 5.92 Å². The molecular formula is C27H23F3N6O. The van der Waals surface area contributed by atoms with E-state index >= 15 is 0 Å². The number of carbonyl (C=O) groups is 1. The zero-order valence-corrected chi connectivity index (χ0v) is 19.9. The second-order valence-electron chi connectivity index (χ2n) is 9.64. The van der Waals surface area contributed by atoms with Gasteiger partial charge in [0.15, 0.2) is 17.5 Å². The van der Waals surface area contributed by atoms with Crippen LogP contribution in [0.2, 0.25) is 0 Å². The van der Waals surface area contributed by atoms with Crippen LogP contribution in [-0.2, 0) is 17.9 Å². The highest BCUT2D eigenvalue weighted by atomic mass is 19.3. The van der Waals surface area contributed by atoms with Crippen molar-refractivity contribution in [2.45, 2.75) is 38.8 Å². The van der Waals surface area contributed by atoms with E-state index in [0.717, 1.165) is 34.1 Å². The molecule has 1 aliphatic heterocycles. The second kappa shape index (κ2) is 8.72. The van der Waals surface area contributed by atoms with E-state index in [1.807, 2.05) is 49.4 Å². The SMILES string of the molecule is Cc1[nH]ncc1-c1ccc(Nc2nc(-c3ccc4c(c3)CN(C(=O)C3CC(F)(F)C3)C4)ncc2F)cc1. The lowest BCUT2D eigenvalue weighted by molar-refractivity contribution is -0.160. The first-order valence-electron chi connectivity index (χ1n) is 11.9. The van der Waals surface area contributed by atoms with Gasteiger partial charge in [0.25, 0.3) is 0 Å². The molecule has 4 aromatic rings. The number of alkyl halides is 2. The summed E-state index contributed by atoms with van der Waals surface area (Å²) in [5.41, 5.74) is 6.14. The Balaban J connectivity index is 1.18. The molecule has 1 saturated carbocycles. The third-order valence-corrected chi connectivity index (χ3v) is 6.97. The van der Waals surface area contributed by atoms with Crippen molar-refractivity contribution in [3.8, 4) is 22.5 Å². The van der Waals surface area contributed by atoms with Gasteiger partial charge in [-0.2, -0.15) is 5.10 Å². The Hall–Kier alpha value is -4.21. The quantitative estimate of drug-likeness (QED) is 0.369. The highest BCUT2D eigenvalue weighted by Crippen LogP contribution is 2.44. The monoisotopic (exact) mass is 504 g/mol. The maximum Gasteiger partial charge on any atom is 0.249 e. The zero-order chi connectivity index (χ0) is 25.7. The first kappa shape index (κ1) is 23.2. The fraction of sp³-hybridized carbons (Fsp3) is 0.259. The average Bonchev–Trinajstić information content (AvgIpc) is 3.49. The average molecular weight is 505 g/mol. The molecule has 1 fully saturated rings. The molecule has 6 rings (SSSR count). The number of aromatic nitrogens is 4. The first-order chi connectivity index (χ1) is 17.8. The molecule has 0 atom stereocenters. The molecule has 2 N–H and O–H groups in total. The highest BCUT2D eigenvalue weighted by molar-refractivity contribution is 5.81. The molecule has 7 nitrogen and oxygen atoms in total. The van der Waals surface area contributed by atoms with Crippen molar-refractivity contribution < 1.29 is 18.0 Å². The Kier molecular flexibility index (Phi) is 5.47. The molecule has 0 radical (unpaired) electrons. The third kappa shape index (κ3) is 4.43. The van der Waals surface area contributed by atoms with Crippen LogP contribution in [0, 0.1) is 18.7 Å². The molecule has 1 amide bonds. The molecule has 2 aromatic carbocycles.